The molecule has 1 unspecified atom stereocenters. The molecule has 1 heterocycles. The lowest BCUT2D eigenvalue weighted by atomic mass is 9.63. The van der Waals surface area contributed by atoms with Crippen LogP contribution in [0.1, 0.15) is 28.9 Å². The first-order valence-electron chi connectivity index (χ1n) is 11.7. The molecule has 0 fully saturated rings. The zero-order valence-electron chi connectivity index (χ0n) is 20.1. The molecule has 0 spiro atoms. The minimum atomic E-state index is -1.59. The van der Waals surface area contributed by atoms with E-state index in [4.69, 9.17) is 5.73 Å². The smallest absolute Gasteiger partial charge is 0.194 e. The minimum absolute atomic E-state index is 0.0257. The zero-order chi connectivity index (χ0) is 27.3. The molecule has 10 heteroatoms. The second-order valence-corrected chi connectivity index (χ2v) is 9.16. The Balaban J connectivity index is 1.92. The molecule has 1 aliphatic rings. The number of allylic oxidation sites excluding steroid dienone is 2. The number of pyridine rings is 1. The molecule has 3 aromatic rings. The highest BCUT2D eigenvalue weighted by Gasteiger charge is 2.46. The molecular formula is C28H24F4N4OS. The lowest BCUT2D eigenvalue weighted by molar-refractivity contribution is 0.0826. The van der Waals surface area contributed by atoms with Crippen LogP contribution in [-0.4, -0.2) is 23.0 Å². The number of hydrogen-bond donors (Lipinski definition) is 3. The van der Waals surface area contributed by atoms with Crippen molar-refractivity contribution in [3.05, 3.63) is 119 Å². The van der Waals surface area contributed by atoms with Gasteiger partial charge in [0.05, 0.1) is 16.8 Å². The Morgan fingerprint density at radius 1 is 1.11 bits per heavy atom. The number of thiol groups is 1. The first-order valence-corrected chi connectivity index (χ1v) is 12.1. The Kier molecular flexibility index (Phi) is 8.43. The number of rotatable bonds is 8. The summed E-state index contributed by atoms with van der Waals surface area (Å²) >= 11 is 4.07. The van der Waals surface area contributed by atoms with Gasteiger partial charge in [0.1, 0.15) is 11.5 Å². The zero-order valence-corrected chi connectivity index (χ0v) is 21.0. The Labute approximate surface area is 222 Å². The Hall–Kier alpha value is -3.76. The van der Waals surface area contributed by atoms with E-state index in [9.17, 15) is 22.4 Å². The highest BCUT2D eigenvalue weighted by atomic mass is 32.1. The number of carbonyl (C=O) groups excluding carboxylic acids is 1. The Bertz CT molecular complexity index is 1400. The summed E-state index contributed by atoms with van der Waals surface area (Å²) in [6.07, 6.45) is 4.68. The quantitative estimate of drug-likeness (QED) is 0.146. The van der Waals surface area contributed by atoms with Gasteiger partial charge in [0.15, 0.2) is 23.2 Å². The van der Waals surface area contributed by atoms with Gasteiger partial charge in [0.25, 0.3) is 0 Å². The lowest BCUT2D eigenvalue weighted by Crippen LogP contribution is -2.41. The maximum Gasteiger partial charge on any atom is 0.194 e. The fourth-order valence-corrected chi connectivity index (χ4v) is 4.73. The van der Waals surface area contributed by atoms with Gasteiger partial charge in [-0.2, -0.15) is 0 Å². The third-order valence-electron chi connectivity index (χ3n) is 6.41. The van der Waals surface area contributed by atoms with Gasteiger partial charge in [-0.3, -0.25) is 14.5 Å². The van der Waals surface area contributed by atoms with E-state index in [1.807, 2.05) is 0 Å². The van der Waals surface area contributed by atoms with Crippen molar-refractivity contribution in [1.82, 2.24) is 9.71 Å². The molecule has 0 radical (unpaired) electrons. The van der Waals surface area contributed by atoms with Crippen molar-refractivity contribution in [2.24, 2.45) is 16.1 Å². The SMILES string of the molecule is NC=C1CC(Cc2cc(F)c(F)c(F)c2)(C(=O)c2ccccn2)C(CCNS)=CC1=Nc1ccc(F)cc1. The number of aliphatic imine (C=N–C) groups is 1. The molecule has 3 N–H and O–H groups in total. The lowest BCUT2D eigenvalue weighted by Gasteiger charge is -2.39. The molecule has 1 aromatic heterocycles. The molecule has 1 atom stereocenters. The molecule has 0 saturated carbocycles. The summed E-state index contributed by atoms with van der Waals surface area (Å²) in [6.45, 7) is 0.351. The average molecular weight is 541 g/mol. The molecular weight excluding hydrogens is 516 g/mol. The van der Waals surface area contributed by atoms with Crippen LogP contribution in [0.2, 0.25) is 0 Å². The van der Waals surface area contributed by atoms with E-state index in [1.54, 1.807) is 24.3 Å². The number of benzene rings is 2. The topological polar surface area (TPSA) is 80.4 Å². The summed E-state index contributed by atoms with van der Waals surface area (Å²) in [7, 11) is 0. The van der Waals surface area contributed by atoms with Crippen molar-refractivity contribution in [2.75, 3.05) is 6.54 Å². The third kappa shape index (κ3) is 5.71. The number of aromatic nitrogens is 1. The summed E-state index contributed by atoms with van der Waals surface area (Å²) in [6, 6.07) is 12.2. The molecule has 38 heavy (non-hydrogen) atoms. The number of nitrogens with zero attached hydrogens (tertiary/aromatic N) is 2. The van der Waals surface area contributed by atoms with Crippen LogP contribution in [0.5, 0.6) is 0 Å². The van der Waals surface area contributed by atoms with Crippen molar-refractivity contribution in [3.63, 3.8) is 0 Å². The summed E-state index contributed by atoms with van der Waals surface area (Å²) in [5, 5.41) is 0. The second kappa shape index (κ2) is 11.7. The van der Waals surface area contributed by atoms with E-state index in [2.05, 4.69) is 27.5 Å². The van der Waals surface area contributed by atoms with Gasteiger partial charge in [-0.1, -0.05) is 24.5 Å². The van der Waals surface area contributed by atoms with E-state index >= 15 is 0 Å². The second-order valence-electron chi connectivity index (χ2n) is 8.85. The van der Waals surface area contributed by atoms with Gasteiger partial charge in [0.2, 0.25) is 0 Å². The maximum atomic E-state index is 14.2. The first kappa shape index (κ1) is 27.3. The standard InChI is InChI=1S/C28H24F4N4OS/c29-20-4-6-21(7-5-20)36-25-13-19(8-10-35-38)28(15-18(25)16-33,27(37)24-3-1-2-9-34-24)14-17-11-22(30)26(32)23(31)12-17/h1-7,9,11-13,16,35,38H,8,10,14-15,33H2. The fraction of sp³-hybridized carbons (Fsp3) is 0.179. The van der Waals surface area contributed by atoms with Gasteiger partial charge in [-0.05, 0) is 91.2 Å². The normalized spacial score (nSPS) is 19.6. The highest BCUT2D eigenvalue weighted by Crippen LogP contribution is 2.46. The summed E-state index contributed by atoms with van der Waals surface area (Å²) in [5.41, 5.74) is 6.85. The molecule has 1 aliphatic carbocycles. The summed E-state index contributed by atoms with van der Waals surface area (Å²) in [4.78, 5) is 23.0. The number of Topliss-reactive ketones (excluding diaryl/α,β-unsaturated/α-hetero) is 1. The van der Waals surface area contributed by atoms with Crippen LogP contribution in [0.4, 0.5) is 23.2 Å². The predicted molar refractivity (Wildman–Crippen MR) is 141 cm³/mol. The van der Waals surface area contributed by atoms with Crippen molar-refractivity contribution >= 4 is 30.0 Å². The number of carbonyl (C=O) groups is 1. The number of halogens is 4. The molecule has 2 aromatic carbocycles. The van der Waals surface area contributed by atoms with Gasteiger partial charge in [0, 0.05) is 12.7 Å². The maximum absolute atomic E-state index is 14.2. The van der Waals surface area contributed by atoms with Crippen molar-refractivity contribution < 1.29 is 22.4 Å². The van der Waals surface area contributed by atoms with Crippen LogP contribution in [0.3, 0.4) is 0 Å². The Morgan fingerprint density at radius 2 is 1.82 bits per heavy atom. The van der Waals surface area contributed by atoms with E-state index in [-0.39, 0.29) is 24.1 Å². The van der Waals surface area contributed by atoms with Gasteiger partial charge >= 0.3 is 0 Å². The highest BCUT2D eigenvalue weighted by molar-refractivity contribution is 7.78. The van der Waals surface area contributed by atoms with Crippen LogP contribution in [-0.2, 0) is 6.42 Å². The predicted octanol–water partition coefficient (Wildman–Crippen LogP) is 5.82. The van der Waals surface area contributed by atoms with Crippen molar-refractivity contribution in [2.45, 2.75) is 19.3 Å². The minimum Gasteiger partial charge on any atom is -0.404 e. The van der Waals surface area contributed by atoms with Gasteiger partial charge in [-0.25, -0.2) is 22.6 Å². The van der Waals surface area contributed by atoms with Crippen LogP contribution in [0.15, 0.2) is 89.2 Å². The van der Waals surface area contributed by atoms with E-state index < -0.39 is 34.5 Å². The number of ketones is 1. The van der Waals surface area contributed by atoms with Crippen LogP contribution in [0.25, 0.3) is 0 Å². The van der Waals surface area contributed by atoms with E-state index in [0.29, 0.717) is 35.5 Å². The summed E-state index contributed by atoms with van der Waals surface area (Å²) in [5.74, 6) is -5.11. The largest absolute Gasteiger partial charge is 0.404 e. The molecule has 0 bridgehead atoms. The molecule has 0 saturated heterocycles. The molecule has 0 aliphatic heterocycles. The molecule has 5 nitrogen and oxygen atoms in total. The third-order valence-corrected chi connectivity index (χ3v) is 6.64. The number of nitrogens with two attached hydrogens (primary N) is 1. The average Bonchev–Trinajstić information content (AvgIpc) is 2.92. The van der Waals surface area contributed by atoms with Crippen LogP contribution < -0.4 is 10.5 Å². The van der Waals surface area contributed by atoms with Gasteiger partial charge in [-0.15, -0.1) is 0 Å². The van der Waals surface area contributed by atoms with Crippen LogP contribution in [0, 0.1) is 28.7 Å². The van der Waals surface area contributed by atoms with Crippen LogP contribution >= 0.6 is 12.8 Å². The summed E-state index contributed by atoms with van der Waals surface area (Å²) < 4.78 is 58.3. The molecule has 4 rings (SSSR count). The number of nitrogens with one attached hydrogen (secondary N) is 1. The monoisotopic (exact) mass is 540 g/mol. The van der Waals surface area contributed by atoms with Gasteiger partial charge < -0.3 is 5.73 Å². The fourth-order valence-electron chi connectivity index (χ4n) is 4.61. The van der Waals surface area contributed by atoms with E-state index in [1.165, 1.54) is 36.7 Å². The number of hydrogen-bond acceptors (Lipinski definition) is 6. The van der Waals surface area contributed by atoms with E-state index in [0.717, 1.165) is 12.1 Å². The van der Waals surface area contributed by atoms with Crippen molar-refractivity contribution in [1.29, 1.82) is 0 Å². The molecule has 196 valence electrons. The Morgan fingerprint density at radius 3 is 2.42 bits per heavy atom. The molecule has 0 amide bonds. The first-order chi connectivity index (χ1) is 18.3. The van der Waals surface area contributed by atoms with Crippen molar-refractivity contribution in [3.8, 4) is 0 Å².